The van der Waals surface area contributed by atoms with Crippen molar-refractivity contribution >= 4 is 11.9 Å². The van der Waals surface area contributed by atoms with E-state index in [1.165, 1.54) is 32.1 Å². The Bertz CT molecular complexity index is 301. The molecule has 0 N–H and O–H groups in total. The van der Waals surface area contributed by atoms with Crippen LogP contribution in [-0.4, -0.2) is 24.6 Å². The van der Waals surface area contributed by atoms with E-state index in [0.29, 0.717) is 12.5 Å². The number of ether oxygens (including phenoxy) is 2. The molecule has 0 aromatic rings. The van der Waals surface area contributed by atoms with Gasteiger partial charge >= 0.3 is 11.9 Å². The maximum atomic E-state index is 11.6. The van der Waals surface area contributed by atoms with Gasteiger partial charge in [0.2, 0.25) is 0 Å². The average molecular weight is 314 g/mol. The molecule has 4 heteroatoms. The Morgan fingerprint density at radius 2 is 1.45 bits per heavy atom. The van der Waals surface area contributed by atoms with E-state index < -0.39 is 11.9 Å². The van der Waals surface area contributed by atoms with E-state index in [9.17, 15) is 9.59 Å². The van der Waals surface area contributed by atoms with Crippen LogP contribution in [0.25, 0.3) is 0 Å². The lowest BCUT2D eigenvalue weighted by Gasteiger charge is -2.18. The standard InChI is InChI=1S/C18H34O4/c1-5-7-8-9-10-11-12-13-21-17(19)14-18(20)22-16(4)15(3)6-2/h15-16H,5-14H2,1-4H3. The first-order valence-electron chi connectivity index (χ1n) is 8.86. The molecule has 0 bridgehead atoms. The molecule has 2 atom stereocenters. The highest BCUT2D eigenvalue weighted by atomic mass is 16.6. The lowest BCUT2D eigenvalue weighted by Crippen LogP contribution is -2.23. The van der Waals surface area contributed by atoms with Gasteiger partial charge in [-0.1, -0.05) is 65.7 Å². The third-order valence-electron chi connectivity index (χ3n) is 4.06. The molecule has 4 nitrogen and oxygen atoms in total. The van der Waals surface area contributed by atoms with Gasteiger partial charge in [-0.3, -0.25) is 9.59 Å². The Morgan fingerprint density at radius 3 is 2.05 bits per heavy atom. The number of rotatable bonds is 13. The molecule has 2 unspecified atom stereocenters. The molecule has 0 aliphatic carbocycles. The SMILES string of the molecule is CCCCCCCCCOC(=O)CC(=O)OC(C)C(C)CC. The number of hydrogen-bond donors (Lipinski definition) is 0. The number of unbranched alkanes of at least 4 members (excludes halogenated alkanes) is 6. The molecule has 0 aromatic heterocycles. The number of carbonyl (C=O) groups excluding carboxylic acids is 2. The summed E-state index contributed by atoms with van der Waals surface area (Å²) in [5.41, 5.74) is 0. The molecule has 0 aliphatic heterocycles. The first-order chi connectivity index (χ1) is 10.5. The third-order valence-corrected chi connectivity index (χ3v) is 4.06. The van der Waals surface area contributed by atoms with Crippen molar-refractivity contribution in [2.75, 3.05) is 6.61 Å². The summed E-state index contributed by atoms with van der Waals surface area (Å²) >= 11 is 0. The minimum atomic E-state index is -0.489. The second-order valence-corrected chi connectivity index (χ2v) is 6.10. The van der Waals surface area contributed by atoms with E-state index >= 15 is 0 Å². The zero-order valence-corrected chi connectivity index (χ0v) is 14.9. The Labute approximate surface area is 135 Å². The first kappa shape index (κ1) is 20.9. The Morgan fingerprint density at radius 1 is 0.864 bits per heavy atom. The maximum Gasteiger partial charge on any atom is 0.317 e. The summed E-state index contributed by atoms with van der Waals surface area (Å²) in [6.45, 7) is 8.53. The molecule has 0 spiro atoms. The van der Waals surface area contributed by atoms with Crippen molar-refractivity contribution in [3.8, 4) is 0 Å². The van der Waals surface area contributed by atoms with Crippen LogP contribution in [0.5, 0.6) is 0 Å². The van der Waals surface area contributed by atoms with Crippen molar-refractivity contribution < 1.29 is 19.1 Å². The molecule has 0 amide bonds. The topological polar surface area (TPSA) is 52.6 Å². The summed E-state index contributed by atoms with van der Waals surface area (Å²) in [4.78, 5) is 23.1. The first-order valence-corrected chi connectivity index (χ1v) is 8.86. The van der Waals surface area contributed by atoms with Gasteiger partial charge in [-0.25, -0.2) is 0 Å². The second-order valence-electron chi connectivity index (χ2n) is 6.10. The Hall–Kier alpha value is -1.06. The molecular formula is C18H34O4. The van der Waals surface area contributed by atoms with Crippen molar-refractivity contribution in [2.45, 2.75) is 91.6 Å². The van der Waals surface area contributed by atoms with Gasteiger partial charge in [0, 0.05) is 0 Å². The van der Waals surface area contributed by atoms with Gasteiger partial charge in [-0.15, -0.1) is 0 Å². The Kier molecular flexibility index (Phi) is 12.9. The van der Waals surface area contributed by atoms with Crippen LogP contribution in [0, 0.1) is 5.92 Å². The predicted octanol–water partition coefficient (Wildman–Crippen LogP) is 4.65. The summed E-state index contributed by atoms with van der Waals surface area (Å²) in [6, 6.07) is 0. The van der Waals surface area contributed by atoms with Crippen molar-refractivity contribution in [1.82, 2.24) is 0 Å². The molecule has 0 heterocycles. The molecule has 130 valence electrons. The van der Waals surface area contributed by atoms with Crippen LogP contribution in [0.1, 0.15) is 85.5 Å². The summed E-state index contributed by atoms with van der Waals surface area (Å²) < 4.78 is 10.3. The van der Waals surface area contributed by atoms with Gasteiger partial charge in [0.15, 0.2) is 0 Å². The highest BCUT2D eigenvalue weighted by Crippen LogP contribution is 2.11. The van der Waals surface area contributed by atoms with Gasteiger partial charge in [-0.05, 0) is 19.3 Å². The summed E-state index contributed by atoms with van der Waals surface area (Å²) in [7, 11) is 0. The van der Waals surface area contributed by atoms with Crippen molar-refractivity contribution in [3.05, 3.63) is 0 Å². The quantitative estimate of drug-likeness (QED) is 0.282. The van der Waals surface area contributed by atoms with E-state index in [1.54, 1.807) is 0 Å². The Balaban J connectivity index is 3.58. The highest BCUT2D eigenvalue weighted by molar-refractivity contribution is 5.91. The maximum absolute atomic E-state index is 11.6. The van der Waals surface area contributed by atoms with Crippen molar-refractivity contribution in [2.24, 2.45) is 5.92 Å². The van der Waals surface area contributed by atoms with Gasteiger partial charge in [0.1, 0.15) is 12.5 Å². The number of carbonyl (C=O) groups is 2. The van der Waals surface area contributed by atoms with Crippen LogP contribution in [-0.2, 0) is 19.1 Å². The van der Waals surface area contributed by atoms with Crippen LogP contribution in [0.4, 0.5) is 0 Å². The van der Waals surface area contributed by atoms with Crippen LogP contribution >= 0.6 is 0 Å². The van der Waals surface area contributed by atoms with Crippen LogP contribution in [0.2, 0.25) is 0 Å². The van der Waals surface area contributed by atoms with Gasteiger partial charge in [0.05, 0.1) is 6.61 Å². The van der Waals surface area contributed by atoms with Gasteiger partial charge < -0.3 is 9.47 Å². The molecular weight excluding hydrogens is 280 g/mol. The molecule has 0 aliphatic rings. The minimum Gasteiger partial charge on any atom is -0.465 e. The second kappa shape index (κ2) is 13.6. The molecule has 0 fully saturated rings. The van der Waals surface area contributed by atoms with Crippen LogP contribution in [0.15, 0.2) is 0 Å². The smallest absolute Gasteiger partial charge is 0.317 e. The number of hydrogen-bond acceptors (Lipinski definition) is 4. The fourth-order valence-corrected chi connectivity index (χ4v) is 2.11. The fraction of sp³-hybridized carbons (Fsp3) is 0.889. The van der Waals surface area contributed by atoms with Crippen LogP contribution < -0.4 is 0 Å². The van der Waals surface area contributed by atoms with E-state index in [2.05, 4.69) is 6.92 Å². The molecule has 0 radical (unpaired) electrons. The molecule has 0 rings (SSSR count). The average Bonchev–Trinajstić information content (AvgIpc) is 2.48. The molecule has 0 aromatic carbocycles. The van der Waals surface area contributed by atoms with E-state index in [4.69, 9.17) is 9.47 Å². The summed E-state index contributed by atoms with van der Waals surface area (Å²) in [6.07, 6.45) is 8.73. The lowest BCUT2D eigenvalue weighted by atomic mass is 10.0. The summed E-state index contributed by atoms with van der Waals surface area (Å²) in [5, 5.41) is 0. The van der Waals surface area contributed by atoms with Gasteiger partial charge in [0.25, 0.3) is 0 Å². The third kappa shape index (κ3) is 11.6. The minimum absolute atomic E-state index is 0.159. The van der Waals surface area contributed by atoms with Crippen molar-refractivity contribution in [3.63, 3.8) is 0 Å². The van der Waals surface area contributed by atoms with E-state index in [1.807, 2.05) is 20.8 Å². The fourth-order valence-electron chi connectivity index (χ4n) is 2.11. The summed E-state index contributed by atoms with van der Waals surface area (Å²) in [5.74, 6) is -0.669. The monoisotopic (exact) mass is 314 g/mol. The zero-order valence-electron chi connectivity index (χ0n) is 14.9. The number of esters is 2. The molecule has 0 saturated heterocycles. The zero-order chi connectivity index (χ0) is 16.8. The van der Waals surface area contributed by atoms with Crippen LogP contribution in [0.3, 0.4) is 0 Å². The lowest BCUT2D eigenvalue weighted by molar-refractivity contribution is -0.158. The van der Waals surface area contributed by atoms with E-state index in [0.717, 1.165) is 19.3 Å². The highest BCUT2D eigenvalue weighted by Gasteiger charge is 2.18. The largest absolute Gasteiger partial charge is 0.465 e. The predicted molar refractivity (Wildman–Crippen MR) is 88.6 cm³/mol. The molecule has 22 heavy (non-hydrogen) atoms. The van der Waals surface area contributed by atoms with Gasteiger partial charge in [-0.2, -0.15) is 0 Å². The normalized spacial score (nSPS) is 13.5. The van der Waals surface area contributed by atoms with E-state index in [-0.39, 0.29) is 12.5 Å². The molecule has 0 saturated carbocycles. The van der Waals surface area contributed by atoms with Crippen molar-refractivity contribution in [1.29, 1.82) is 0 Å².